The van der Waals surface area contributed by atoms with Crippen LogP contribution in [0.4, 0.5) is 5.69 Å². The Morgan fingerprint density at radius 1 is 0.906 bits per heavy atom. The van der Waals surface area contributed by atoms with E-state index >= 15 is 0 Å². The van der Waals surface area contributed by atoms with Crippen molar-refractivity contribution in [2.75, 3.05) is 44.2 Å². The van der Waals surface area contributed by atoms with E-state index in [1.54, 1.807) is 12.1 Å². The summed E-state index contributed by atoms with van der Waals surface area (Å²) in [5, 5.41) is 0.505. The molecule has 6 nitrogen and oxygen atoms in total. The lowest BCUT2D eigenvalue weighted by molar-refractivity contribution is -0.137. The van der Waals surface area contributed by atoms with Gasteiger partial charge in [-0.05, 0) is 68.1 Å². The first kappa shape index (κ1) is 23.1. The Labute approximate surface area is 195 Å². The number of hydrogen-bond donors (Lipinski definition) is 0. The molecule has 2 aromatic carbocycles. The Kier molecular flexibility index (Phi) is 6.79. The van der Waals surface area contributed by atoms with Crippen molar-refractivity contribution in [1.82, 2.24) is 9.21 Å². The van der Waals surface area contributed by atoms with Crippen LogP contribution in [0.5, 0.6) is 0 Å². The van der Waals surface area contributed by atoms with E-state index in [4.69, 9.17) is 11.6 Å². The van der Waals surface area contributed by atoms with Gasteiger partial charge in [0, 0.05) is 55.9 Å². The lowest BCUT2D eigenvalue weighted by atomic mass is 9.96. The third-order valence-electron chi connectivity index (χ3n) is 6.76. The molecular formula is C24H30ClN3O3S. The summed E-state index contributed by atoms with van der Waals surface area (Å²) in [6.45, 7) is 8.05. The molecule has 0 N–H and O–H groups in total. The number of carbonyl (C=O) groups excluding carboxylic acids is 1. The summed E-state index contributed by atoms with van der Waals surface area (Å²) in [5.74, 6) is 0.0491. The van der Waals surface area contributed by atoms with Crippen LogP contribution in [0.1, 0.15) is 24.0 Å². The highest BCUT2D eigenvalue weighted by atomic mass is 35.5. The lowest BCUT2D eigenvalue weighted by Crippen LogP contribution is -2.52. The van der Waals surface area contributed by atoms with Crippen LogP contribution in [0.15, 0.2) is 47.4 Å². The molecular weight excluding hydrogens is 446 g/mol. The Balaban J connectivity index is 1.32. The molecule has 0 bridgehead atoms. The lowest BCUT2D eigenvalue weighted by Gasteiger charge is -2.39. The van der Waals surface area contributed by atoms with E-state index in [9.17, 15) is 13.2 Å². The minimum absolute atomic E-state index is 0.112. The zero-order chi connectivity index (χ0) is 22.9. The van der Waals surface area contributed by atoms with Gasteiger partial charge in [0.1, 0.15) is 0 Å². The van der Waals surface area contributed by atoms with E-state index in [1.807, 2.05) is 4.90 Å². The second-order valence-corrected chi connectivity index (χ2v) is 11.0. The van der Waals surface area contributed by atoms with Gasteiger partial charge in [-0.3, -0.25) is 4.79 Å². The number of halogens is 1. The van der Waals surface area contributed by atoms with Crippen LogP contribution in [0.2, 0.25) is 5.02 Å². The molecule has 0 radical (unpaired) electrons. The molecule has 2 aliphatic rings. The minimum atomic E-state index is -3.56. The molecule has 172 valence electrons. The molecule has 2 aromatic rings. The molecule has 4 rings (SSSR count). The molecule has 32 heavy (non-hydrogen) atoms. The van der Waals surface area contributed by atoms with Gasteiger partial charge in [-0.2, -0.15) is 4.31 Å². The summed E-state index contributed by atoms with van der Waals surface area (Å²) < 4.78 is 27.2. The van der Waals surface area contributed by atoms with E-state index in [-0.39, 0.29) is 16.7 Å². The molecule has 1 amide bonds. The van der Waals surface area contributed by atoms with Crippen LogP contribution in [0, 0.1) is 19.8 Å². The molecule has 0 saturated carbocycles. The van der Waals surface area contributed by atoms with E-state index in [0.29, 0.717) is 44.0 Å². The first-order valence-electron chi connectivity index (χ1n) is 11.1. The Morgan fingerprint density at radius 3 is 2.16 bits per heavy atom. The van der Waals surface area contributed by atoms with E-state index in [1.165, 1.54) is 33.3 Å². The first-order chi connectivity index (χ1) is 15.3. The van der Waals surface area contributed by atoms with E-state index in [0.717, 1.165) is 13.1 Å². The van der Waals surface area contributed by atoms with Crippen molar-refractivity contribution in [2.24, 2.45) is 5.92 Å². The molecule has 0 spiro atoms. The van der Waals surface area contributed by atoms with Crippen LogP contribution in [0.3, 0.4) is 0 Å². The fraction of sp³-hybridized carbons (Fsp3) is 0.458. The number of sulfonamides is 1. The third kappa shape index (κ3) is 4.65. The second kappa shape index (κ2) is 9.41. The predicted molar refractivity (Wildman–Crippen MR) is 128 cm³/mol. The van der Waals surface area contributed by atoms with E-state index < -0.39 is 10.0 Å². The summed E-state index contributed by atoms with van der Waals surface area (Å²) in [5.41, 5.74) is 3.82. The summed E-state index contributed by atoms with van der Waals surface area (Å²) in [6, 6.07) is 12.6. The van der Waals surface area contributed by atoms with Gasteiger partial charge in [0.2, 0.25) is 15.9 Å². The van der Waals surface area contributed by atoms with Crippen LogP contribution < -0.4 is 4.90 Å². The van der Waals surface area contributed by atoms with Crippen molar-refractivity contribution >= 4 is 33.2 Å². The number of piperidine rings is 1. The van der Waals surface area contributed by atoms with Crippen molar-refractivity contribution in [3.05, 3.63) is 58.6 Å². The maximum Gasteiger partial charge on any atom is 0.243 e. The Hall–Kier alpha value is -2.09. The number of rotatable bonds is 4. The summed E-state index contributed by atoms with van der Waals surface area (Å²) in [7, 11) is -3.56. The molecule has 0 unspecified atom stereocenters. The van der Waals surface area contributed by atoms with Crippen LogP contribution in [-0.2, 0) is 14.8 Å². The minimum Gasteiger partial charge on any atom is -0.368 e. The molecule has 2 aliphatic heterocycles. The molecule has 0 aliphatic carbocycles. The Bertz CT molecular complexity index is 1070. The molecule has 2 fully saturated rings. The fourth-order valence-corrected chi connectivity index (χ4v) is 6.20. The average Bonchev–Trinajstić information content (AvgIpc) is 2.81. The van der Waals surface area contributed by atoms with Crippen molar-refractivity contribution < 1.29 is 13.2 Å². The number of anilines is 1. The van der Waals surface area contributed by atoms with Gasteiger partial charge in [-0.1, -0.05) is 23.7 Å². The normalized spacial score (nSPS) is 18.7. The standard InChI is InChI=1S/C24H30ClN3O3S/c1-18-4-3-5-23(19(18)2)26-14-16-27(17-15-26)24(29)20-10-12-28(13-11-20)32(30,31)22-8-6-21(25)7-9-22/h3-9,20H,10-17H2,1-2H3. The third-order valence-corrected chi connectivity index (χ3v) is 8.93. The van der Waals surface area contributed by atoms with Gasteiger partial charge in [0.05, 0.1) is 4.90 Å². The largest absolute Gasteiger partial charge is 0.368 e. The number of benzene rings is 2. The summed E-state index contributed by atoms with van der Waals surface area (Å²) in [4.78, 5) is 17.7. The molecule has 2 saturated heterocycles. The van der Waals surface area contributed by atoms with Crippen LogP contribution >= 0.6 is 11.6 Å². The Morgan fingerprint density at radius 2 is 1.53 bits per heavy atom. The number of nitrogens with zero attached hydrogens (tertiary/aromatic N) is 3. The number of amides is 1. The zero-order valence-corrected chi connectivity index (χ0v) is 20.2. The van der Waals surface area contributed by atoms with Crippen LogP contribution in [0.25, 0.3) is 0 Å². The summed E-state index contributed by atoms with van der Waals surface area (Å²) in [6.07, 6.45) is 1.12. The number of piperazine rings is 1. The van der Waals surface area contributed by atoms with E-state index in [2.05, 4.69) is 36.9 Å². The monoisotopic (exact) mass is 475 g/mol. The zero-order valence-electron chi connectivity index (χ0n) is 18.6. The number of hydrogen-bond acceptors (Lipinski definition) is 4. The van der Waals surface area contributed by atoms with Gasteiger partial charge in [0.15, 0.2) is 0 Å². The maximum absolute atomic E-state index is 13.1. The number of carbonyl (C=O) groups is 1. The topological polar surface area (TPSA) is 60.9 Å². The molecule has 0 aromatic heterocycles. The second-order valence-electron chi connectivity index (χ2n) is 8.66. The predicted octanol–water partition coefficient (Wildman–Crippen LogP) is 3.71. The van der Waals surface area contributed by atoms with Crippen molar-refractivity contribution in [1.29, 1.82) is 0 Å². The van der Waals surface area contributed by atoms with Gasteiger partial charge in [-0.15, -0.1) is 0 Å². The maximum atomic E-state index is 13.1. The highest BCUT2D eigenvalue weighted by Crippen LogP contribution is 2.28. The average molecular weight is 476 g/mol. The SMILES string of the molecule is Cc1cccc(N2CCN(C(=O)C3CCN(S(=O)(=O)c4ccc(Cl)cc4)CC3)CC2)c1C. The first-order valence-corrected chi connectivity index (χ1v) is 12.9. The highest BCUT2D eigenvalue weighted by Gasteiger charge is 2.34. The quantitative estimate of drug-likeness (QED) is 0.676. The van der Waals surface area contributed by atoms with Crippen molar-refractivity contribution in [3.8, 4) is 0 Å². The van der Waals surface area contributed by atoms with Gasteiger partial charge in [-0.25, -0.2) is 8.42 Å². The molecule has 2 heterocycles. The van der Waals surface area contributed by atoms with Gasteiger partial charge in [0.25, 0.3) is 0 Å². The van der Waals surface area contributed by atoms with Gasteiger partial charge < -0.3 is 9.80 Å². The fourth-order valence-electron chi connectivity index (χ4n) is 4.60. The molecule has 8 heteroatoms. The van der Waals surface area contributed by atoms with Crippen molar-refractivity contribution in [3.63, 3.8) is 0 Å². The van der Waals surface area contributed by atoms with Crippen LogP contribution in [-0.4, -0.2) is 62.8 Å². The number of aryl methyl sites for hydroxylation is 1. The molecule has 0 atom stereocenters. The highest BCUT2D eigenvalue weighted by molar-refractivity contribution is 7.89. The smallest absolute Gasteiger partial charge is 0.243 e. The van der Waals surface area contributed by atoms with Crippen molar-refractivity contribution in [2.45, 2.75) is 31.6 Å². The van der Waals surface area contributed by atoms with Gasteiger partial charge >= 0.3 is 0 Å². The summed E-state index contributed by atoms with van der Waals surface area (Å²) >= 11 is 5.88.